The van der Waals surface area contributed by atoms with E-state index in [0.29, 0.717) is 17.2 Å². The summed E-state index contributed by atoms with van der Waals surface area (Å²) in [5, 5.41) is 5.83. The van der Waals surface area contributed by atoms with Crippen LogP contribution >= 0.6 is 15.9 Å². The van der Waals surface area contributed by atoms with E-state index in [-0.39, 0.29) is 24.8 Å². The van der Waals surface area contributed by atoms with E-state index in [1.807, 2.05) is 25.1 Å². The molecule has 0 aliphatic heterocycles. The number of nitrogens with one attached hydrogen (secondary N) is 2. The number of rotatable bonds is 7. The van der Waals surface area contributed by atoms with Crippen molar-refractivity contribution in [1.29, 1.82) is 0 Å². The van der Waals surface area contributed by atoms with Crippen LogP contribution in [0, 0.1) is 6.92 Å². The normalized spacial score (nSPS) is 11.0. The first-order valence-electron chi connectivity index (χ1n) is 8.28. The van der Waals surface area contributed by atoms with Crippen molar-refractivity contribution < 1.29 is 14.3 Å². The largest absolute Gasteiger partial charge is 0.493 e. The minimum atomic E-state index is -0.126. The topological polar surface area (TPSA) is 98.0 Å². The van der Waals surface area contributed by atoms with Crippen LogP contribution < -0.4 is 25.8 Å². The summed E-state index contributed by atoms with van der Waals surface area (Å²) in [5.74, 6) is 1.30. The summed E-state index contributed by atoms with van der Waals surface area (Å²) in [4.78, 5) is 16.3. The van der Waals surface area contributed by atoms with Crippen molar-refractivity contribution in [2.45, 2.75) is 13.3 Å². The Labute approximate surface area is 167 Å². The van der Waals surface area contributed by atoms with Crippen LogP contribution in [0.1, 0.15) is 12.0 Å². The van der Waals surface area contributed by atoms with Crippen LogP contribution in [-0.2, 0) is 4.79 Å². The fourth-order valence-electron chi connectivity index (χ4n) is 2.32. The lowest BCUT2D eigenvalue weighted by atomic mass is 10.2. The Morgan fingerprint density at radius 2 is 1.85 bits per heavy atom. The maximum Gasteiger partial charge on any atom is 0.226 e. The summed E-state index contributed by atoms with van der Waals surface area (Å²) >= 11 is 3.39. The molecule has 144 valence electrons. The summed E-state index contributed by atoms with van der Waals surface area (Å²) in [6.45, 7) is 2.20. The van der Waals surface area contributed by atoms with E-state index in [4.69, 9.17) is 15.2 Å². The van der Waals surface area contributed by atoms with Crippen LogP contribution in [0.3, 0.4) is 0 Å². The van der Waals surface area contributed by atoms with E-state index in [2.05, 4.69) is 31.6 Å². The minimum Gasteiger partial charge on any atom is -0.493 e. The van der Waals surface area contributed by atoms with Gasteiger partial charge in [0.25, 0.3) is 0 Å². The molecule has 0 atom stereocenters. The number of benzene rings is 2. The third kappa shape index (κ3) is 6.18. The van der Waals surface area contributed by atoms with Gasteiger partial charge in [-0.3, -0.25) is 9.79 Å². The molecule has 2 rings (SSSR count). The number of hydrogen-bond donors (Lipinski definition) is 3. The van der Waals surface area contributed by atoms with Crippen molar-refractivity contribution in [3.05, 3.63) is 46.4 Å². The Morgan fingerprint density at radius 3 is 2.56 bits per heavy atom. The van der Waals surface area contributed by atoms with Crippen molar-refractivity contribution in [3.8, 4) is 11.5 Å². The van der Waals surface area contributed by atoms with E-state index in [0.717, 1.165) is 15.7 Å². The molecule has 27 heavy (non-hydrogen) atoms. The lowest BCUT2D eigenvalue weighted by Crippen LogP contribution is -2.23. The number of carbonyl (C=O) groups excluding carboxylic acids is 1. The van der Waals surface area contributed by atoms with Gasteiger partial charge in [0, 0.05) is 28.3 Å². The number of aliphatic imine (C=N–C) groups is 1. The first kappa shape index (κ1) is 20.6. The van der Waals surface area contributed by atoms with Crippen molar-refractivity contribution >= 4 is 39.2 Å². The number of guanidine groups is 1. The Morgan fingerprint density at radius 1 is 1.11 bits per heavy atom. The molecule has 0 aliphatic carbocycles. The molecular weight excluding hydrogens is 412 g/mol. The summed E-state index contributed by atoms with van der Waals surface area (Å²) < 4.78 is 11.3. The van der Waals surface area contributed by atoms with Crippen LogP contribution in [0.2, 0.25) is 0 Å². The summed E-state index contributed by atoms with van der Waals surface area (Å²) in [5.41, 5.74) is 8.35. The number of carbonyl (C=O) groups is 1. The van der Waals surface area contributed by atoms with E-state index in [1.165, 1.54) is 0 Å². The zero-order chi connectivity index (χ0) is 19.8. The first-order chi connectivity index (χ1) is 12.9. The molecule has 0 radical (unpaired) electrons. The zero-order valence-corrected chi connectivity index (χ0v) is 17.1. The van der Waals surface area contributed by atoms with E-state index >= 15 is 0 Å². The summed E-state index contributed by atoms with van der Waals surface area (Å²) in [6.07, 6.45) is 0.222. The van der Waals surface area contributed by atoms with Gasteiger partial charge in [0.1, 0.15) is 0 Å². The molecule has 0 unspecified atom stereocenters. The predicted molar refractivity (Wildman–Crippen MR) is 112 cm³/mol. The van der Waals surface area contributed by atoms with Gasteiger partial charge in [-0.1, -0.05) is 22.0 Å². The average molecular weight is 435 g/mol. The van der Waals surface area contributed by atoms with Crippen molar-refractivity contribution in [1.82, 2.24) is 0 Å². The Balaban J connectivity index is 1.88. The number of hydrogen-bond acceptors (Lipinski definition) is 4. The molecule has 8 heteroatoms. The Hall–Kier alpha value is -2.74. The highest BCUT2D eigenvalue weighted by molar-refractivity contribution is 9.10. The van der Waals surface area contributed by atoms with Crippen LogP contribution in [0.15, 0.2) is 45.9 Å². The van der Waals surface area contributed by atoms with E-state index in [9.17, 15) is 4.79 Å². The van der Waals surface area contributed by atoms with Gasteiger partial charge in [-0.05, 0) is 36.8 Å². The molecular formula is C19H23BrN4O3. The van der Waals surface area contributed by atoms with Gasteiger partial charge in [-0.15, -0.1) is 0 Å². The standard InChI is InChI=1S/C19H23BrN4O3/c1-12-4-5-13(20)10-15(12)24-18(25)8-9-22-19(21)23-14-6-7-16(26-2)17(11-14)27-3/h4-7,10-11H,8-9H2,1-3H3,(H,24,25)(H3,21,22,23). The number of anilines is 2. The van der Waals surface area contributed by atoms with Crippen LogP contribution in [0.25, 0.3) is 0 Å². The molecule has 2 aromatic carbocycles. The van der Waals surface area contributed by atoms with Gasteiger partial charge in [0.15, 0.2) is 17.5 Å². The van der Waals surface area contributed by atoms with Crippen LogP contribution in [-0.4, -0.2) is 32.6 Å². The van der Waals surface area contributed by atoms with E-state index < -0.39 is 0 Å². The number of halogens is 1. The number of nitrogens with two attached hydrogens (primary N) is 1. The Bertz CT molecular complexity index is 840. The van der Waals surface area contributed by atoms with Gasteiger partial charge in [-0.25, -0.2) is 0 Å². The molecule has 0 saturated carbocycles. The molecule has 0 aliphatic rings. The van der Waals surface area contributed by atoms with Crippen molar-refractivity contribution in [3.63, 3.8) is 0 Å². The fourth-order valence-corrected chi connectivity index (χ4v) is 2.68. The summed E-state index contributed by atoms with van der Waals surface area (Å²) in [6, 6.07) is 11.0. The monoisotopic (exact) mass is 434 g/mol. The second-order valence-electron chi connectivity index (χ2n) is 5.72. The lowest BCUT2D eigenvalue weighted by molar-refractivity contribution is -0.116. The quantitative estimate of drug-likeness (QED) is 0.457. The molecule has 0 fully saturated rings. The van der Waals surface area contributed by atoms with Gasteiger partial charge in [-0.2, -0.15) is 0 Å². The number of ether oxygens (including phenoxy) is 2. The maximum absolute atomic E-state index is 12.1. The van der Waals surface area contributed by atoms with Gasteiger partial charge >= 0.3 is 0 Å². The highest BCUT2D eigenvalue weighted by atomic mass is 79.9. The van der Waals surface area contributed by atoms with Gasteiger partial charge < -0.3 is 25.8 Å². The third-order valence-corrected chi connectivity index (χ3v) is 4.24. The molecule has 0 bridgehead atoms. The van der Waals surface area contributed by atoms with E-state index in [1.54, 1.807) is 32.4 Å². The molecule has 0 heterocycles. The van der Waals surface area contributed by atoms with Gasteiger partial charge in [0.2, 0.25) is 5.91 Å². The molecule has 7 nitrogen and oxygen atoms in total. The zero-order valence-electron chi connectivity index (χ0n) is 15.5. The first-order valence-corrected chi connectivity index (χ1v) is 9.07. The van der Waals surface area contributed by atoms with Crippen LogP contribution in [0.5, 0.6) is 11.5 Å². The predicted octanol–water partition coefficient (Wildman–Crippen LogP) is 3.53. The van der Waals surface area contributed by atoms with Crippen molar-refractivity contribution in [2.75, 3.05) is 31.4 Å². The molecule has 2 aromatic rings. The highest BCUT2D eigenvalue weighted by Crippen LogP contribution is 2.29. The number of nitrogens with zero attached hydrogens (tertiary/aromatic N) is 1. The molecule has 4 N–H and O–H groups in total. The average Bonchev–Trinajstić information content (AvgIpc) is 2.64. The second kappa shape index (κ2) is 9.82. The highest BCUT2D eigenvalue weighted by Gasteiger charge is 2.07. The maximum atomic E-state index is 12.1. The number of aryl methyl sites for hydroxylation is 1. The third-order valence-electron chi connectivity index (χ3n) is 3.75. The molecule has 1 amide bonds. The van der Waals surface area contributed by atoms with Crippen molar-refractivity contribution in [2.24, 2.45) is 10.7 Å². The lowest BCUT2D eigenvalue weighted by Gasteiger charge is -2.11. The number of methoxy groups -OCH3 is 2. The Kier molecular flexibility index (Phi) is 7.48. The SMILES string of the molecule is COc1ccc(NC(N)=NCCC(=O)Nc2cc(Br)ccc2C)cc1OC. The molecule has 0 aromatic heterocycles. The number of amides is 1. The second-order valence-corrected chi connectivity index (χ2v) is 6.63. The minimum absolute atomic E-state index is 0.126. The van der Waals surface area contributed by atoms with Gasteiger partial charge in [0.05, 0.1) is 20.8 Å². The summed E-state index contributed by atoms with van der Waals surface area (Å²) in [7, 11) is 3.13. The van der Waals surface area contributed by atoms with Crippen LogP contribution in [0.4, 0.5) is 11.4 Å². The smallest absolute Gasteiger partial charge is 0.226 e. The fraction of sp³-hybridized carbons (Fsp3) is 0.263. The molecule has 0 spiro atoms. The molecule has 0 saturated heterocycles.